The molecule has 11 heteroatoms. The first-order valence-electron chi connectivity index (χ1n) is 14.6. The number of alkyl halides is 2. The zero-order valence-electron chi connectivity index (χ0n) is 25.1. The van der Waals surface area contributed by atoms with Gasteiger partial charge in [0.1, 0.15) is 5.84 Å². The second kappa shape index (κ2) is 15.0. The van der Waals surface area contributed by atoms with Gasteiger partial charge >= 0.3 is 6.03 Å². The van der Waals surface area contributed by atoms with Gasteiger partial charge in [0.2, 0.25) is 0 Å². The molecule has 0 radical (unpaired) electrons. The van der Waals surface area contributed by atoms with Crippen molar-refractivity contribution in [2.24, 2.45) is 10.7 Å². The number of allylic oxidation sites excluding steroid dienone is 1. The monoisotopic (exact) mass is 572 g/mol. The molecule has 0 atom stereocenters. The molecule has 4 rings (SSSR count). The Labute approximate surface area is 243 Å². The van der Waals surface area contributed by atoms with E-state index in [1.807, 2.05) is 18.7 Å². The predicted molar refractivity (Wildman–Crippen MR) is 164 cm³/mol. The van der Waals surface area contributed by atoms with Crippen LogP contribution < -0.4 is 21.3 Å². The Bertz CT molecular complexity index is 1170. The molecule has 0 unspecified atom stereocenters. The molecule has 1 aromatic rings. The van der Waals surface area contributed by atoms with E-state index >= 15 is 0 Å². The van der Waals surface area contributed by atoms with Crippen LogP contribution in [0, 0.1) is 5.41 Å². The van der Waals surface area contributed by atoms with E-state index in [1.165, 1.54) is 18.5 Å². The summed E-state index contributed by atoms with van der Waals surface area (Å²) in [6.45, 7) is 7.37. The fraction of sp³-hybridized carbons (Fsp3) is 0.567. The van der Waals surface area contributed by atoms with E-state index in [0.29, 0.717) is 48.8 Å². The van der Waals surface area contributed by atoms with Crippen LogP contribution in [-0.4, -0.2) is 87.8 Å². The minimum absolute atomic E-state index is 0.140. The van der Waals surface area contributed by atoms with E-state index in [-0.39, 0.29) is 24.0 Å². The summed E-state index contributed by atoms with van der Waals surface area (Å²) in [5.41, 5.74) is 9.62. The van der Waals surface area contributed by atoms with E-state index in [2.05, 4.69) is 27.6 Å². The summed E-state index contributed by atoms with van der Waals surface area (Å²) in [6.07, 6.45) is 4.16. The van der Waals surface area contributed by atoms with Crippen LogP contribution in [0.5, 0.6) is 0 Å². The molecule has 3 aliphatic rings. The van der Waals surface area contributed by atoms with Gasteiger partial charge in [-0.05, 0) is 69.1 Å². The normalized spacial score (nSPS) is 18.8. The van der Waals surface area contributed by atoms with Gasteiger partial charge in [-0.3, -0.25) is 10.4 Å². The number of benzene rings is 1. The number of piperidine rings is 1. The molecular weight excluding hydrogens is 526 g/mol. The number of hydrogen-bond acceptors (Lipinski definition) is 6. The minimum Gasteiger partial charge on any atom is -0.404 e. The third kappa shape index (κ3) is 7.44. The Morgan fingerprint density at radius 1 is 1.17 bits per heavy atom. The second-order valence-electron chi connectivity index (χ2n) is 10.4. The number of hydrogen-bond donors (Lipinski definition) is 4. The van der Waals surface area contributed by atoms with E-state index in [0.717, 1.165) is 49.2 Å². The van der Waals surface area contributed by atoms with Crippen molar-refractivity contribution in [1.29, 1.82) is 5.41 Å². The van der Waals surface area contributed by atoms with Crippen molar-refractivity contribution in [3.8, 4) is 0 Å². The van der Waals surface area contributed by atoms with Crippen LogP contribution in [0.4, 0.5) is 19.3 Å². The number of carbonyl (C=O) groups excluding carboxylic acids is 1. The minimum atomic E-state index is -2.72. The molecule has 0 spiro atoms. The highest BCUT2D eigenvalue weighted by molar-refractivity contribution is 6.12. The van der Waals surface area contributed by atoms with Crippen molar-refractivity contribution < 1.29 is 13.6 Å². The second-order valence-corrected chi connectivity index (χ2v) is 10.4. The number of anilines is 1. The van der Waals surface area contributed by atoms with Crippen LogP contribution in [0.15, 0.2) is 34.6 Å². The summed E-state index contributed by atoms with van der Waals surface area (Å²) < 4.78 is 28.6. The molecule has 2 amide bonds. The van der Waals surface area contributed by atoms with Gasteiger partial charge in [0.05, 0.1) is 6.54 Å². The van der Waals surface area contributed by atoms with Gasteiger partial charge in [0.15, 0.2) is 0 Å². The number of nitrogens with one attached hydrogen (secondary N) is 3. The number of nitrogens with zero attached hydrogens (tertiary/aromatic N) is 4. The fourth-order valence-electron chi connectivity index (χ4n) is 5.69. The average molecular weight is 573 g/mol. The van der Waals surface area contributed by atoms with Crippen LogP contribution in [0.25, 0.3) is 5.57 Å². The highest BCUT2D eigenvalue weighted by Crippen LogP contribution is 2.38. The Kier molecular flexibility index (Phi) is 11.7. The SMILES string of the molecule is CC.CN=C/C(=C\N)c1cc2c(cc1C(F)F)N(C(=N)C1=C(NC3CCN(C)CC3)CCN(C(=O)NC)C1)CCC2. The zero-order valence-corrected chi connectivity index (χ0v) is 25.1. The molecule has 0 aliphatic carbocycles. The summed E-state index contributed by atoms with van der Waals surface area (Å²) >= 11 is 0. The molecule has 0 bridgehead atoms. The molecule has 1 aromatic carbocycles. The van der Waals surface area contributed by atoms with Gasteiger partial charge in [0, 0.05) is 80.2 Å². The van der Waals surface area contributed by atoms with Crippen molar-refractivity contribution >= 4 is 29.3 Å². The molecule has 0 aromatic heterocycles. The molecular formula is C30H46F2N8O. The number of nitrogens with two attached hydrogens (primary N) is 1. The predicted octanol–water partition coefficient (Wildman–Crippen LogP) is 4.36. The van der Waals surface area contributed by atoms with Crippen molar-refractivity contribution in [3.63, 3.8) is 0 Å². The molecule has 9 nitrogen and oxygen atoms in total. The number of aliphatic imine (C=N–C) groups is 1. The Morgan fingerprint density at radius 3 is 2.49 bits per heavy atom. The molecule has 41 heavy (non-hydrogen) atoms. The maximum Gasteiger partial charge on any atom is 0.317 e. The third-order valence-electron chi connectivity index (χ3n) is 7.86. The quantitative estimate of drug-likeness (QED) is 0.299. The lowest BCUT2D eigenvalue weighted by atomic mass is 9.91. The van der Waals surface area contributed by atoms with Crippen molar-refractivity contribution in [2.45, 2.75) is 58.4 Å². The van der Waals surface area contributed by atoms with Crippen molar-refractivity contribution in [1.82, 2.24) is 20.4 Å². The van der Waals surface area contributed by atoms with Gasteiger partial charge in [0.25, 0.3) is 6.43 Å². The summed E-state index contributed by atoms with van der Waals surface area (Å²) in [6, 6.07) is 3.37. The van der Waals surface area contributed by atoms with Crippen LogP contribution in [0.1, 0.15) is 62.6 Å². The lowest BCUT2D eigenvalue weighted by Crippen LogP contribution is -2.49. The number of rotatable bonds is 6. The van der Waals surface area contributed by atoms with E-state index in [4.69, 9.17) is 5.73 Å². The van der Waals surface area contributed by atoms with Crippen molar-refractivity contribution in [3.05, 3.63) is 46.3 Å². The first-order chi connectivity index (χ1) is 19.8. The third-order valence-corrected chi connectivity index (χ3v) is 7.86. The van der Waals surface area contributed by atoms with Crippen LogP contribution in [-0.2, 0) is 6.42 Å². The number of aryl methyl sites for hydroxylation is 1. The lowest BCUT2D eigenvalue weighted by molar-refractivity contribution is 0.151. The highest BCUT2D eigenvalue weighted by atomic mass is 19.3. The number of carbonyl (C=O) groups is 1. The van der Waals surface area contributed by atoms with Gasteiger partial charge in [-0.25, -0.2) is 13.6 Å². The highest BCUT2D eigenvalue weighted by Gasteiger charge is 2.32. The van der Waals surface area contributed by atoms with E-state index in [9.17, 15) is 19.0 Å². The molecule has 0 saturated carbocycles. The fourth-order valence-corrected chi connectivity index (χ4v) is 5.69. The van der Waals surface area contributed by atoms with Crippen molar-refractivity contribution in [2.75, 3.05) is 58.8 Å². The van der Waals surface area contributed by atoms with Gasteiger partial charge in [-0.2, -0.15) is 0 Å². The number of amides is 2. The maximum atomic E-state index is 14.3. The van der Waals surface area contributed by atoms with Gasteiger partial charge < -0.3 is 31.1 Å². The average Bonchev–Trinajstić information content (AvgIpc) is 3.00. The zero-order chi connectivity index (χ0) is 30.1. The summed E-state index contributed by atoms with van der Waals surface area (Å²) in [4.78, 5) is 22.3. The largest absolute Gasteiger partial charge is 0.404 e. The summed E-state index contributed by atoms with van der Waals surface area (Å²) in [5, 5.41) is 15.7. The Hall–Kier alpha value is -3.47. The maximum absolute atomic E-state index is 14.3. The smallest absolute Gasteiger partial charge is 0.317 e. The summed E-state index contributed by atoms with van der Waals surface area (Å²) in [5.74, 6) is 0.248. The number of urea groups is 1. The van der Waals surface area contributed by atoms with Crippen LogP contribution >= 0.6 is 0 Å². The van der Waals surface area contributed by atoms with E-state index < -0.39 is 6.43 Å². The standard InChI is InChI=1S/C28H40F2N8O.C2H6/c1-33-16-19(15-31)21-13-18-5-4-9-38(25(18)14-22(21)26(29)30)27(32)23-17-37(28(39)34-2)12-8-24(23)35-20-6-10-36(3)11-7-20;1-2/h13-16,20,26,32,35H,4-12,17,31H2,1-3H3,(H,34,39);1-2H3/b19-15+,32-27?,33-16?;. The number of likely N-dealkylation sites (tertiary alicyclic amines) is 1. The first kappa shape index (κ1) is 32.0. The number of fused-ring (bicyclic) bond motifs is 1. The Morgan fingerprint density at radius 2 is 1.88 bits per heavy atom. The Balaban J connectivity index is 0.00000226. The molecule has 3 aliphatic heterocycles. The molecule has 226 valence electrons. The first-order valence-corrected chi connectivity index (χ1v) is 14.6. The summed E-state index contributed by atoms with van der Waals surface area (Å²) in [7, 11) is 5.29. The van der Waals surface area contributed by atoms with Gasteiger partial charge in [-0.15, -0.1) is 0 Å². The topological polar surface area (TPSA) is 113 Å². The number of amidine groups is 1. The molecule has 3 heterocycles. The molecule has 1 saturated heterocycles. The number of halogens is 2. The van der Waals surface area contributed by atoms with Crippen LogP contribution in [0.3, 0.4) is 0 Å². The van der Waals surface area contributed by atoms with E-state index in [1.54, 1.807) is 25.1 Å². The molecule has 1 fully saturated rings. The van der Waals surface area contributed by atoms with Gasteiger partial charge in [-0.1, -0.05) is 13.8 Å². The van der Waals surface area contributed by atoms with Crippen LogP contribution in [0.2, 0.25) is 0 Å². The molecule has 5 N–H and O–H groups in total. The lowest BCUT2D eigenvalue weighted by Gasteiger charge is -2.39.